The van der Waals surface area contributed by atoms with E-state index in [-0.39, 0.29) is 0 Å². The van der Waals surface area contributed by atoms with Crippen molar-refractivity contribution in [2.45, 2.75) is 0 Å². The van der Waals surface area contributed by atoms with E-state index in [9.17, 15) is 10.2 Å². The van der Waals surface area contributed by atoms with E-state index in [0.29, 0.717) is 0 Å². The van der Waals surface area contributed by atoms with Gasteiger partial charge in [0.15, 0.2) is 0 Å². The van der Waals surface area contributed by atoms with Gasteiger partial charge >= 0.3 is 26.8 Å². The van der Waals surface area contributed by atoms with Gasteiger partial charge < -0.3 is 0 Å². The minimum atomic E-state index is -4.69. The Hall–Kier alpha value is 0.374. The Bertz CT molecular complexity index is 8.00. The zero-order valence-electron chi connectivity index (χ0n) is 1.58. The van der Waals surface area contributed by atoms with Crippen LogP contribution in [0.4, 0.5) is 10.2 Å². The van der Waals surface area contributed by atoms with Gasteiger partial charge in [-0.25, -0.2) is 0 Å². The van der Waals surface area contributed by atoms with Crippen LogP contribution in [0.15, 0.2) is 0 Å². The van der Waals surface area contributed by atoms with Gasteiger partial charge in [0, 0.05) is 0 Å². The molecule has 0 saturated heterocycles. The minimum absolute atomic E-state index is 4.69. The van der Waals surface area contributed by atoms with Crippen LogP contribution in [0.25, 0.3) is 0 Å². The van der Waals surface area contributed by atoms with Crippen molar-refractivity contribution in [1.82, 2.24) is 0 Å². The average molecular weight is 108 g/mol. The van der Waals surface area contributed by atoms with Gasteiger partial charge in [-0.3, -0.25) is 0 Å². The van der Waals surface area contributed by atoms with Gasteiger partial charge in [-0.2, -0.15) is 0 Å². The molecule has 0 aromatic heterocycles. The molecule has 0 aromatic carbocycles. The van der Waals surface area contributed by atoms with E-state index in [1.807, 2.05) is 0 Å². The summed E-state index contributed by atoms with van der Waals surface area (Å²) in [5.41, 5.74) is 0. The molecule has 4 heavy (non-hydrogen) atoms. The zero-order chi connectivity index (χ0) is 3.58. The van der Waals surface area contributed by atoms with Crippen LogP contribution >= 0.6 is 0 Å². The second-order valence-electron chi connectivity index (χ2n) is 0.192. The summed E-state index contributed by atoms with van der Waals surface area (Å²) >= 11 is -4.69. The van der Waals surface area contributed by atoms with Crippen molar-refractivity contribution in [3.63, 3.8) is 0 Å². The van der Waals surface area contributed by atoms with Crippen LogP contribution in [-0.2, 0) is 16.6 Å². The molecule has 0 radical (unpaired) electrons. The molecule has 0 unspecified atom stereocenters. The fourth-order valence-corrected chi connectivity index (χ4v) is 0. The molecule has 0 bridgehead atoms. The van der Waals surface area contributed by atoms with Gasteiger partial charge in [0.25, 0.3) is 0 Å². The molecule has 0 atom stereocenters. The summed E-state index contributed by atoms with van der Waals surface area (Å²) in [6.07, 6.45) is 0. The molecule has 26 valence electrons. The molecule has 0 N–H and O–H groups in total. The SMILES string of the molecule is [F][V]([F])[F]. The van der Waals surface area contributed by atoms with Crippen molar-refractivity contribution in [2.75, 3.05) is 0 Å². The van der Waals surface area contributed by atoms with E-state index >= 15 is 0 Å². The molecule has 0 heterocycles. The van der Waals surface area contributed by atoms with E-state index in [0.717, 1.165) is 0 Å². The fourth-order valence-electron chi connectivity index (χ4n) is 0. The topological polar surface area (TPSA) is 0 Å². The Morgan fingerprint density at radius 1 is 1.00 bits per heavy atom. The van der Waals surface area contributed by atoms with Crippen LogP contribution < -0.4 is 0 Å². The van der Waals surface area contributed by atoms with Crippen LogP contribution in [-0.4, -0.2) is 0 Å². The third-order valence-electron chi connectivity index (χ3n) is 0. The number of hydrogen-bond acceptors (Lipinski definition) is 0. The van der Waals surface area contributed by atoms with Crippen LogP contribution in [0.3, 0.4) is 0 Å². The predicted octanol–water partition coefficient (Wildman–Crippen LogP) is 1.26. The first kappa shape index (κ1) is 4.37. The summed E-state index contributed by atoms with van der Waals surface area (Å²) in [6.45, 7) is 0. The number of rotatable bonds is 0. The van der Waals surface area contributed by atoms with E-state index in [1.54, 1.807) is 0 Å². The zero-order valence-corrected chi connectivity index (χ0v) is 2.98. The van der Waals surface area contributed by atoms with Gasteiger partial charge in [0.1, 0.15) is 0 Å². The molecule has 0 amide bonds. The summed E-state index contributed by atoms with van der Waals surface area (Å²) < 4.78 is 29.4. The van der Waals surface area contributed by atoms with Crippen LogP contribution in [0, 0.1) is 0 Å². The van der Waals surface area contributed by atoms with Crippen LogP contribution in [0.1, 0.15) is 0 Å². The maximum atomic E-state index is 9.81. The van der Waals surface area contributed by atoms with Crippen molar-refractivity contribution in [2.24, 2.45) is 0 Å². The van der Waals surface area contributed by atoms with E-state index < -0.39 is 16.6 Å². The van der Waals surface area contributed by atoms with Gasteiger partial charge in [0.05, 0.1) is 0 Å². The molecule has 0 aliphatic rings. The average Bonchev–Trinajstić information content (AvgIpc) is 0.811. The van der Waals surface area contributed by atoms with Gasteiger partial charge in [0.2, 0.25) is 0 Å². The molecule has 0 rings (SSSR count). The second-order valence-corrected chi connectivity index (χ2v) is 0.790. The first-order chi connectivity index (χ1) is 1.73. The molecule has 0 nitrogen and oxygen atoms in total. The molecular formula is F3V. The summed E-state index contributed by atoms with van der Waals surface area (Å²) in [7, 11) is 0. The second kappa shape index (κ2) is 1.67. The molecule has 0 spiro atoms. The van der Waals surface area contributed by atoms with Crippen molar-refractivity contribution >= 4 is 0 Å². The Labute approximate surface area is 27.7 Å². The Kier molecular flexibility index (Phi) is 1.83. The summed E-state index contributed by atoms with van der Waals surface area (Å²) in [5.74, 6) is 0. The maximum absolute atomic E-state index is 9.81. The Balaban J connectivity index is 2.32. The monoisotopic (exact) mass is 108 g/mol. The first-order valence-electron chi connectivity index (χ1n) is 0.507. The molecule has 0 saturated carbocycles. The molecule has 0 aliphatic heterocycles. The number of hydrogen-bond donors (Lipinski definition) is 0. The van der Waals surface area contributed by atoms with Gasteiger partial charge in [-0.05, 0) is 0 Å². The first-order valence-corrected chi connectivity index (χ1v) is 2.09. The number of halogens is 3. The van der Waals surface area contributed by atoms with Gasteiger partial charge in [-0.15, -0.1) is 0 Å². The van der Waals surface area contributed by atoms with Crippen molar-refractivity contribution < 1.29 is 26.8 Å². The van der Waals surface area contributed by atoms with Crippen molar-refractivity contribution in [1.29, 1.82) is 0 Å². The van der Waals surface area contributed by atoms with Crippen molar-refractivity contribution in [3.05, 3.63) is 0 Å². The third kappa shape index (κ3) is 32.0. The Morgan fingerprint density at radius 2 is 1.00 bits per heavy atom. The standard InChI is InChI=1S/3FH.V/h3*1H;/q;;;+3/p-3. The molecule has 0 fully saturated rings. The van der Waals surface area contributed by atoms with E-state index in [2.05, 4.69) is 0 Å². The summed E-state index contributed by atoms with van der Waals surface area (Å²) in [4.78, 5) is 0. The van der Waals surface area contributed by atoms with Gasteiger partial charge in [-0.1, -0.05) is 0 Å². The van der Waals surface area contributed by atoms with E-state index in [4.69, 9.17) is 0 Å². The molecular weight excluding hydrogens is 108 g/mol. The quantitative estimate of drug-likeness (QED) is 0.438. The van der Waals surface area contributed by atoms with Crippen LogP contribution in [0.5, 0.6) is 0 Å². The summed E-state index contributed by atoms with van der Waals surface area (Å²) in [5, 5.41) is 0. The molecule has 0 aliphatic carbocycles. The summed E-state index contributed by atoms with van der Waals surface area (Å²) in [6, 6.07) is 0. The predicted molar refractivity (Wildman–Crippen MR) is 3.32 cm³/mol. The Morgan fingerprint density at radius 3 is 1.00 bits per heavy atom. The third-order valence-corrected chi connectivity index (χ3v) is 0. The fraction of sp³-hybridized carbons (Fsp3) is 0. The van der Waals surface area contributed by atoms with Crippen LogP contribution in [0.2, 0.25) is 0 Å². The molecule has 0 aromatic rings. The van der Waals surface area contributed by atoms with Crippen molar-refractivity contribution in [3.8, 4) is 0 Å². The van der Waals surface area contributed by atoms with E-state index in [1.165, 1.54) is 0 Å². The normalized spacial score (nSPS) is 9.00. The molecule has 4 heteroatoms.